The van der Waals surface area contributed by atoms with Crippen LogP contribution < -0.4 is 5.43 Å². The summed E-state index contributed by atoms with van der Waals surface area (Å²) in [6, 6.07) is 11.6. The topological polar surface area (TPSA) is 54.4 Å². The van der Waals surface area contributed by atoms with E-state index in [0.717, 1.165) is 17.7 Å². The molecule has 0 unspecified atom stereocenters. The van der Waals surface area contributed by atoms with Gasteiger partial charge in [0.15, 0.2) is 0 Å². The van der Waals surface area contributed by atoms with Crippen molar-refractivity contribution in [3.05, 3.63) is 65.0 Å². The van der Waals surface area contributed by atoms with Crippen molar-refractivity contribution < 1.29 is 4.79 Å². The van der Waals surface area contributed by atoms with Crippen molar-refractivity contribution >= 4 is 12.1 Å². The smallest absolute Gasteiger partial charge is 0.267 e. The predicted octanol–water partition coefficient (Wildman–Crippen LogP) is 2.72. The highest BCUT2D eigenvalue weighted by atomic mass is 16.2. The molecule has 0 aliphatic rings. The zero-order chi connectivity index (χ0) is 14.4. The Labute approximate surface area is 118 Å². The van der Waals surface area contributed by atoms with Crippen molar-refractivity contribution in [2.45, 2.75) is 20.3 Å². The summed E-state index contributed by atoms with van der Waals surface area (Å²) >= 11 is 0. The summed E-state index contributed by atoms with van der Waals surface area (Å²) in [5.74, 6) is -0.265. The predicted molar refractivity (Wildman–Crippen MR) is 79.9 cm³/mol. The van der Waals surface area contributed by atoms with Gasteiger partial charge in [-0.2, -0.15) is 5.10 Å². The van der Waals surface area contributed by atoms with E-state index in [-0.39, 0.29) is 5.91 Å². The van der Waals surface area contributed by atoms with Gasteiger partial charge in [0.05, 0.1) is 11.8 Å². The molecular weight excluding hydrogens is 250 g/mol. The van der Waals surface area contributed by atoms with E-state index in [2.05, 4.69) is 22.4 Å². The van der Waals surface area contributed by atoms with Crippen LogP contribution in [0.5, 0.6) is 0 Å². The van der Waals surface area contributed by atoms with Crippen molar-refractivity contribution in [3.8, 4) is 0 Å². The number of carbonyl (C=O) groups excluding carboxylic acids is 1. The maximum atomic E-state index is 11.8. The molecule has 0 saturated carbocycles. The molecule has 0 bridgehead atoms. The summed E-state index contributed by atoms with van der Waals surface area (Å²) in [5, 5.41) is 3.94. The zero-order valence-corrected chi connectivity index (χ0v) is 11.6. The lowest BCUT2D eigenvalue weighted by Gasteiger charge is -2.00. The molecule has 4 nitrogen and oxygen atoms in total. The average molecular weight is 267 g/mol. The van der Waals surface area contributed by atoms with Crippen molar-refractivity contribution in [1.82, 2.24) is 10.4 Å². The standard InChI is InChI=1S/C16H17N3O/c1-3-13-5-7-14(8-6-13)10-18-19-16(20)15-9-4-12(2)17-11-15/h4-11H,3H2,1-2H3,(H,19,20). The summed E-state index contributed by atoms with van der Waals surface area (Å²) in [7, 11) is 0. The number of benzene rings is 1. The summed E-state index contributed by atoms with van der Waals surface area (Å²) in [6.07, 6.45) is 4.17. The minimum absolute atomic E-state index is 0.265. The number of nitrogens with zero attached hydrogens (tertiary/aromatic N) is 2. The van der Waals surface area contributed by atoms with Crippen molar-refractivity contribution in [2.24, 2.45) is 5.10 Å². The fourth-order valence-corrected chi connectivity index (χ4v) is 1.67. The highest BCUT2D eigenvalue weighted by Crippen LogP contribution is 2.03. The van der Waals surface area contributed by atoms with Gasteiger partial charge in [-0.25, -0.2) is 5.43 Å². The number of amides is 1. The van der Waals surface area contributed by atoms with Gasteiger partial charge < -0.3 is 0 Å². The number of nitrogens with one attached hydrogen (secondary N) is 1. The second kappa shape index (κ2) is 6.61. The van der Waals surface area contributed by atoms with Gasteiger partial charge in [0.1, 0.15) is 0 Å². The van der Waals surface area contributed by atoms with Crippen LogP contribution in [0.1, 0.15) is 34.1 Å². The number of carbonyl (C=O) groups is 1. The van der Waals surface area contributed by atoms with E-state index in [1.54, 1.807) is 18.3 Å². The highest BCUT2D eigenvalue weighted by Gasteiger charge is 2.03. The first-order valence-corrected chi connectivity index (χ1v) is 6.54. The molecule has 20 heavy (non-hydrogen) atoms. The lowest BCUT2D eigenvalue weighted by molar-refractivity contribution is 0.0955. The van der Waals surface area contributed by atoms with Crippen LogP contribution in [0.15, 0.2) is 47.7 Å². The molecule has 2 aromatic rings. The molecule has 0 saturated heterocycles. The minimum atomic E-state index is -0.265. The summed E-state index contributed by atoms with van der Waals surface area (Å²) < 4.78 is 0. The number of hydrogen-bond donors (Lipinski definition) is 1. The third-order valence-electron chi connectivity index (χ3n) is 2.94. The maximum absolute atomic E-state index is 11.8. The fourth-order valence-electron chi connectivity index (χ4n) is 1.67. The lowest BCUT2D eigenvalue weighted by atomic mass is 10.1. The van der Waals surface area contributed by atoms with Gasteiger partial charge in [0.2, 0.25) is 0 Å². The van der Waals surface area contributed by atoms with Crippen LogP contribution in [-0.2, 0) is 6.42 Å². The molecule has 1 aromatic heterocycles. The molecular formula is C16H17N3O. The third kappa shape index (κ3) is 3.75. The lowest BCUT2D eigenvalue weighted by Crippen LogP contribution is -2.17. The van der Waals surface area contributed by atoms with Gasteiger partial charge in [-0.05, 0) is 36.6 Å². The molecule has 2 rings (SSSR count). The Morgan fingerprint density at radius 3 is 2.60 bits per heavy atom. The number of aryl methyl sites for hydroxylation is 2. The second-order valence-electron chi connectivity index (χ2n) is 4.48. The first kappa shape index (κ1) is 13.9. The van der Waals surface area contributed by atoms with E-state index < -0.39 is 0 Å². The Hall–Kier alpha value is -2.49. The van der Waals surface area contributed by atoms with Gasteiger partial charge in [0.25, 0.3) is 5.91 Å². The molecule has 1 heterocycles. The molecule has 1 aromatic carbocycles. The Kier molecular flexibility index (Phi) is 4.60. The van der Waals surface area contributed by atoms with E-state index in [4.69, 9.17) is 0 Å². The molecule has 0 spiro atoms. The highest BCUT2D eigenvalue weighted by molar-refractivity contribution is 5.94. The van der Waals surface area contributed by atoms with Gasteiger partial charge in [-0.1, -0.05) is 31.2 Å². The Balaban J connectivity index is 1.95. The second-order valence-corrected chi connectivity index (χ2v) is 4.48. The summed E-state index contributed by atoms with van der Waals surface area (Å²) in [6.45, 7) is 3.98. The van der Waals surface area contributed by atoms with E-state index in [9.17, 15) is 4.79 Å². The van der Waals surface area contributed by atoms with Gasteiger partial charge in [0, 0.05) is 11.9 Å². The fraction of sp³-hybridized carbons (Fsp3) is 0.188. The SMILES string of the molecule is CCc1ccc(C=NNC(=O)c2ccc(C)nc2)cc1. The number of aromatic nitrogens is 1. The van der Waals surface area contributed by atoms with Crippen LogP contribution in [0, 0.1) is 6.92 Å². The average Bonchev–Trinajstić information content (AvgIpc) is 2.48. The van der Waals surface area contributed by atoms with Gasteiger partial charge >= 0.3 is 0 Å². The van der Waals surface area contributed by atoms with Crippen LogP contribution in [0.2, 0.25) is 0 Å². The van der Waals surface area contributed by atoms with E-state index in [1.165, 1.54) is 11.8 Å². The minimum Gasteiger partial charge on any atom is -0.267 e. The Morgan fingerprint density at radius 1 is 1.25 bits per heavy atom. The molecule has 1 amide bonds. The molecule has 0 aliphatic heterocycles. The number of pyridine rings is 1. The van der Waals surface area contributed by atoms with Crippen LogP contribution in [0.25, 0.3) is 0 Å². The normalized spacial score (nSPS) is 10.7. The number of rotatable bonds is 4. The van der Waals surface area contributed by atoms with E-state index >= 15 is 0 Å². The Morgan fingerprint density at radius 2 is 2.00 bits per heavy atom. The summed E-state index contributed by atoms with van der Waals surface area (Å²) in [4.78, 5) is 15.9. The monoisotopic (exact) mass is 267 g/mol. The first-order valence-electron chi connectivity index (χ1n) is 6.54. The maximum Gasteiger partial charge on any atom is 0.272 e. The molecule has 4 heteroatoms. The summed E-state index contributed by atoms with van der Waals surface area (Å²) in [5.41, 5.74) is 6.08. The largest absolute Gasteiger partial charge is 0.272 e. The Bertz CT molecular complexity index is 601. The third-order valence-corrected chi connectivity index (χ3v) is 2.94. The molecule has 0 radical (unpaired) electrons. The number of hydrogen-bond acceptors (Lipinski definition) is 3. The van der Waals surface area contributed by atoms with Crippen molar-refractivity contribution in [2.75, 3.05) is 0 Å². The van der Waals surface area contributed by atoms with Crippen LogP contribution in [-0.4, -0.2) is 17.1 Å². The van der Waals surface area contributed by atoms with Crippen LogP contribution >= 0.6 is 0 Å². The quantitative estimate of drug-likeness (QED) is 0.684. The van der Waals surface area contributed by atoms with Crippen molar-refractivity contribution in [3.63, 3.8) is 0 Å². The number of hydrazone groups is 1. The molecule has 102 valence electrons. The first-order chi connectivity index (χ1) is 9.69. The van der Waals surface area contributed by atoms with Crippen LogP contribution in [0.4, 0.5) is 0 Å². The molecule has 0 atom stereocenters. The molecule has 1 N–H and O–H groups in total. The van der Waals surface area contributed by atoms with Crippen LogP contribution in [0.3, 0.4) is 0 Å². The molecule has 0 fully saturated rings. The zero-order valence-electron chi connectivity index (χ0n) is 11.6. The van der Waals surface area contributed by atoms with Gasteiger partial charge in [-0.15, -0.1) is 0 Å². The van der Waals surface area contributed by atoms with E-state index in [1.807, 2.05) is 31.2 Å². The van der Waals surface area contributed by atoms with Crippen molar-refractivity contribution in [1.29, 1.82) is 0 Å². The van der Waals surface area contributed by atoms with Gasteiger partial charge in [-0.3, -0.25) is 9.78 Å². The van der Waals surface area contributed by atoms with E-state index in [0.29, 0.717) is 5.56 Å². The molecule has 0 aliphatic carbocycles.